The van der Waals surface area contributed by atoms with Crippen LogP contribution in [0.15, 0.2) is 35.4 Å². The zero-order valence-corrected chi connectivity index (χ0v) is 11.1. The molecule has 5 heteroatoms. The monoisotopic (exact) mass is 267 g/mol. The predicted octanol–water partition coefficient (Wildman–Crippen LogP) is 3.28. The minimum atomic E-state index is 0.607. The summed E-state index contributed by atoms with van der Waals surface area (Å²) in [7, 11) is 0. The summed E-state index contributed by atoms with van der Waals surface area (Å²) in [5.41, 5.74) is 6.94. The number of aromatic nitrogens is 2. The molecule has 1 aromatic carbocycles. The molecule has 0 aliphatic heterocycles. The predicted molar refractivity (Wildman–Crippen MR) is 73.6 cm³/mol. The molecule has 1 aromatic heterocycles. The first-order valence-corrected chi connectivity index (χ1v) is 6.76. The molecule has 0 saturated heterocycles. The zero-order chi connectivity index (χ0) is 12.3. The van der Waals surface area contributed by atoms with Gasteiger partial charge in [-0.15, -0.1) is 11.8 Å². The van der Waals surface area contributed by atoms with Crippen LogP contribution >= 0.6 is 23.4 Å². The fraction of sp³-hybridized carbons (Fsp3) is 0.250. The number of nitrogens with two attached hydrogens (primary N) is 1. The Morgan fingerprint density at radius 1 is 1.41 bits per heavy atom. The number of nitrogens with zero attached hydrogens (tertiary/aromatic N) is 2. The Bertz CT molecular complexity index is 510. The summed E-state index contributed by atoms with van der Waals surface area (Å²) < 4.78 is 1.78. The molecule has 0 unspecified atom stereocenters. The van der Waals surface area contributed by atoms with Crippen molar-refractivity contribution in [2.24, 2.45) is 0 Å². The van der Waals surface area contributed by atoms with Crippen molar-refractivity contribution in [3.8, 4) is 0 Å². The van der Waals surface area contributed by atoms with Crippen molar-refractivity contribution in [1.82, 2.24) is 9.78 Å². The molecule has 2 rings (SSSR count). The van der Waals surface area contributed by atoms with Crippen molar-refractivity contribution >= 4 is 29.2 Å². The van der Waals surface area contributed by atoms with Crippen molar-refractivity contribution in [3.63, 3.8) is 0 Å². The Labute approximate surface area is 110 Å². The highest BCUT2D eigenvalue weighted by molar-refractivity contribution is 7.99. The molecule has 2 N–H and O–H groups in total. The molecule has 0 aliphatic carbocycles. The van der Waals surface area contributed by atoms with Crippen molar-refractivity contribution < 1.29 is 0 Å². The maximum absolute atomic E-state index is 6.11. The second-order valence-electron chi connectivity index (χ2n) is 3.59. The first-order chi connectivity index (χ1) is 8.20. The minimum absolute atomic E-state index is 0.607. The standard InChI is InChI=1S/C12H14ClN3S/c1-2-17-12-7-11(14)16(15-12)8-9-5-3-4-6-10(9)13/h3-7H,2,8,14H2,1H3. The van der Waals surface area contributed by atoms with Gasteiger partial charge in [0.2, 0.25) is 0 Å². The number of nitrogen functional groups attached to an aromatic ring is 1. The van der Waals surface area contributed by atoms with Crippen molar-refractivity contribution in [2.75, 3.05) is 11.5 Å². The number of anilines is 1. The van der Waals surface area contributed by atoms with E-state index in [9.17, 15) is 0 Å². The lowest BCUT2D eigenvalue weighted by atomic mass is 10.2. The summed E-state index contributed by atoms with van der Waals surface area (Å²) in [6, 6.07) is 9.62. The molecule has 90 valence electrons. The molecule has 0 radical (unpaired) electrons. The average Bonchev–Trinajstić information content (AvgIpc) is 2.63. The average molecular weight is 268 g/mol. The van der Waals surface area contributed by atoms with Gasteiger partial charge in [0.05, 0.1) is 6.54 Å². The number of hydrogen-bond donors (Lipinski definition) is 1. The van der Waals surface area contributed by atoms with Crippen LogP contribution in [0.2, 0.25) is 5.02 Å². The van der Waals surface area contributed by atoms with E-state index in [0.717, 1.165) is 21.4 Å². The Morgan fingerprint density at radius 3 is 2.88 bits per heavy atom. The van der Waals surface area contributed by atoms with E-state index in [1.54, 1.807) is 16.4 Å². The Morgan fingerprint density at radius 2 is 2.18 bits per heavy atom. The normalized spacial score (nSPS) is 10.7. The van der Waals surface area contributed by atoms with Crippen LogP contribution in [0.25, 0.3) is 0 Å². The molecular weight excluding hydrogens is 254 g/mol. The molecule has 0 saturated carbocycles. The van der Waals surface area contributed by atoms with Gasteiger partial charge in [0.25, 0.3) is 0 Å². The van der Waals surface area contributed by atoms with Crippen molar-refractivity contribution in [2.45, 2.75) is 18.5 Å². The number of thioether (sulfide) groups is 1. The van der Waals surface area contributed by atoms with Gasteiger partial charge in [0.1, 0.15) is 10.8 Å². The molecule has 17 heavy (non-hydrogen) atoms. The summed E-state index contributed by atoms with van der Waals surface area (Å²) in [5, 5.41) is 6.13. The van der Waals surface area contributed by atoms with Gasteiger partial charge in [0, 0.05) is 11.1 Å². The fourth-order valence-electron chi connectivity index (χ4n) is 1.54. The largest absolute Gasteiger partial charge is 0.384 e. The lowest BCUT2D eigenvalue weighted by molar-refractivity contribution is 0.675. The summed E-state index contributed by atoms with van der Waals surface area (Å²) in [6.45, 7) is 2.70. The van der Waals surface area contributed by atoms with E-state index in [2.05, 4.69) is 12.0 Å². The minimum Gasteiger partial charge on any atom is -0.384 e. The van der Waals surface area contributed by atoms with E-state index >= 15 is 0 Å². The zero-order valence-electron chi connectivity index (χ0n) is 9.56. The van der Waals surface area contributed by atoms with E-state index in [1.807, 2.05) is 30.3 Å². The maximum Gasteiger partial charge on any atom is 0.123 e. The van der Waals surface area contributed by atoms with E-state index in [0.29, 0.717) is 12.4 Å². The molecule has 1 heterocycles. The van der Waals surface area contributed by atoms with Gasteiger partial charge in [-0.1, -0.05) is 36.7 Å². The molecule has 3 nitrogen and oxygen atoms in total. The molecule has 0 amide bonds. The number of halogens is 1. The van der Waals surface area contributed by atoms with Crippen molar-refractivity contribution in [1.29, 1.82) is 0 Å². The topological polar surface area (TPSA) is 43.8 Å². The highest BCUT2D eigenvalue weighted by Gasteiger charge is 2.07. The first-order valence-electron chi connectivity index (χ1n) is 5.40. The Balaban J connectivity index is 2.21. The molecule has 0 atom stereocenters. The quantitative estimate of drug-likeness (QED) is 0.865. The van der Waals surface area contributed by atoms with Crippen LogP contribution in [-0.4, -0.2) is 15.5 Å². The lowest BCUT2D eigenvalue weighted by Gasteiger charge is -2.05. The highest BCUT2D eigenvalue weighted by atomic mass is 35.5. The SMILES string of the molecule is CCSc1cc(N)n(Cc2ccccc2Cl)n1. The molecular formula is C12H14ClN3S. The summed E-state index contributed by atoms with van der Waals surface area (Å²) in [6.07, 6.45) is 0. The van der Waals surface area contributed by atoms with Gasteiger partial charge < -0.3 is 5.73 Å². The Hall–Kier alpha value is -1.13. The van der Waals surface area contributed by atoms with Crippen LogP contribution in [-0.2, 0) is 6.54 Å². The molecule has 0 bridgehead atoms. The van der Waals surface area contributed by atoms with Crippen LogP contribution in [0.5, 0.6) is 0 Å². The van der Waals surface area contributed by atoms with E-state index in [-0.39, 0.29) is 0 Å². The van der Waals surface area contributed by atoms with E-state index in [1.165, 1.54) is 0 Å². The smallest absolute Gasteiger partial charge is 0.123 e. The van der Waals surface area contributed by atoms with Gasteiger partial charge >= 0.3 is 0 Å². The third-order valence-electron chi connectivity index (χ3n) is 2.36. The van der Waals surface area contributed by atoms with Gasteiger partial charge in [-0.3, -0.25) is 0 Å². The van der Waals surface area contributed by atoms with Crippen LogP contribution in [0.4, 0.5) is 5.82 Å². The second kappa shape index (κ2) is 5.47. The van der Waals surface area contributed by atoms with Crippen LogP contribution in [0.3, 0.4) is 0 Å². The van der Waals surface area contributed by atoms with E-state index < -0.39 is 0 Å². The third-order valence-corrected chi connectivity index (χ3v) is 3.51. The molecule has 2 aromatic rings. The lowest BCUT2D eigenvalue weighted by Crippen LogP contribution is -2.06. The molecule has 0 aliphatic rings. The van der Waals surface area contributed by atoms with Crippen LogP contribution in [0, 0.1) is 0 Å². The first kappa shape index (κ1) is 12.3. The van der Waals surface area contributed by atoms with Gasteiger partial charge in [-0.05, 0) is 17.4 Å². The van der Waals surface area contributed by atoms with Crippen molar-refractivity contribution in [3.05, 3.63) is 40.9 Å². The number of hydrogen-bond acceptors (Lipinski definition) is 3. The van der Waals surface area contributed by atoms with Crippen LogP contribution in [0.1, 0.15) is 12.5 Å². The highest BCUT2D eigenvalue weighted by Crippen LogP contribution is 2.21. The maximum atomic E-state index is 6.11. The van der Waals surface area contributed by atoms with E-state index in [4.69, 9.17) is 17.3 Å². The molecule has 0 fully saturated rings. The Kier molecular flexibility index (Phi) is 3.97. The number of rotatable bonds is 4. The molecule has 0 spiro atoms. The van der Waals surface area contributed by atoms with Gasteiger partial charge in [0.15, 0.2) is 0 Å². The van der Waals surface area contributed by atoms with Gasteiger partial charge in [-0.25, -0.2) is 4.68 Å². The van der Waals surface area contributed by atoms with Gasteiger partial charge in [-0.2, -0.15) is 5.10 Å². The number of benzene rings is 1. The summed E-state index contributed by atoms with van der Waals surface area (Å²) >= 11 is 7.79. The fourth-order valence-corrected chi connectivity index (χ4v) is 2.39. The second-order valence-corrected chi connectivity index (χ2v) is 5.28. The summed E-state index contributed by atoms with van der Waals surface area (Å²) in [5.74, 6) is 1.66. The third kappa shape index (κ3) is 2.96. The van der Waals surface area contributed by atoms with Crippen LogP contribution < -0.4 is 5.73 Å². The summed E-state index contributed by atoms with van der Waals surface area (Å²) in [4.78, 5) is 0.